The summed E-state index contributed by atoms with van der Waals surface area (Å²) < 4.78 is 4.75. The number of aromatic nitrogens is 5. The predicted octanol–water partition coefficient (Wildman–Crippen LogP) is 0.586. The van der Waals surface area contributed by atoms with Gasteiger partial charge in [-0.15, -0.1) is 5.10 Å². The Kier molecular flexibility index (Phi) is 2.29. The van der Waals surface area contributed by atoms with Gasteiger partial charge >= 0.3 is 5.69 Å². The van der Waals surface area contributed by atoms with E-state index in [4.69, 9.17) is 0 Å². The third-order valence-corrected chi connectivity index (χ3v) is 2.90. The van der Waals surface area contributed by atoms with Gasteiger partial charge in [0.15, 0.2) is 5.65 Å². The summed E-state index contributed by atoms with van der Waals surface area (Å²) in [4.78, 5) is 12.1. The van der Waals surface area contributed by atoms with E-state index in [-0.39, 0.29) is 5.69 Å². The van der Waals surface area contributed by atoms with Crippen LogP contribution in [0.2, 0.25) is 0 Å². The molecule has 0 bridgehead atoms. The van der Waals surface area contributed by atoms with Crippen LogP contribution in [0.5, 0.6) is 0 Å². The van der Waals surface area contributed by atoms with E-state index < -0.39 is 0 Å². The van der Waals surface area contributed by atoms with Crippen LogP contribution in [0.1, 0.15) is 11.4 Å². The molecule has 0 amide bonds. The highest BCUT2D eigenvalue weighted by Gasteiger charge is 2.09. The molecule has 18 heavy (non-hydrogen) atoms. The van der Waals surface area contributed by atoms with Crippen LogP contribution >= 0.6 is 0 Å². The van der Waals surface area contributed by atoms with Crippen LogP contribution in [0.15, 0.2) is 35.3 Å². The first-order valence-corrected chi connectivity index (χ1v) is 5.69. The molecular formula is C12H13N5O. The highest BCUT2D eigenvalue weighted by atomic mass is 16.2. The van der Waals surface area contributed by atoms with E-state index >= 15 is 0 Å². The Morgan fingerprint density at radius 2 is 2.11 bits per heavy atom. The topological polar surface area (TPSA) is 57.1 Å². The molecule has 3 aromatic heterocycles. The lowest BCUT2D eigenvalue weighted by atomic mass is 10.4. The molecule has 6 nitrogen and oxygen atoms in total. The number of fused-ring (bicyclic) bond motifs is 1. The average Bonchev–Trinajstić information content (AvgIpc) is 2.82. The minimum Gasteiger partial charge on any atom is -0.270 e. The standard InChI is InChI=1S/C12H13N5O/c1-9-7-10(15(2)13-9)8-17-12(18)16-6-4-3-5-11(16)14-17/h3-7H,8H2,1-2H3. The number of pyridine rings is 1. The van der Waals surface area contributed by atoms with E-state index in [9.17, 15) is 4.79 Å². The minimum atomic E-state index is -0.135. The highest BCUT2D eigenvalue weighted by molar-refractivity contribution is 5.35. The summed E-state index contributed by atoms with van der Waals surface area (Å²) in [5.41, 5.74) is 2.41. The number of hydrogen-bond acceptors (Lipinski definition) is 3. The fourth-order valence-corrected chi connectivity index (χ4v) is 2.04. The first-order valence-electron chi connectivity index (χ1n) is 5.69. The van der Waals surface area contributed by atoms with Crippen molar-refractivity contribution in [2.24, 2.45) is 7.05 Å². The Labute approximate surface area is 103 Å². The zero-order valence-corrected chi connectivity index (χ0v) is 10.2. The van der Waals surface area contributed by atoms with Crippen LogP contribution in [0.4, 0.5) is 0 Å². The fourth-order valence-electron chi connectivity index (χ4n) is 2.04. The number of hydrogen-bond donors (Lipinski definition) is 0. The van der Waals surface area contributed by atoms with Crippen molar-refractivity contribution in [3.8, 4) is 0 Å². The van der Waals surface area contributed by atoms with Crippen molar-refractivity contribution in [1.29, 1.82) is 0 Å². The van der Waals surface area contributed by atoms with E-state index in [1.165, 1.54) is 9.08 Å². The molecule has 0 spiro atoms. The SMILES string of the molecule is Cc1cc(Cn2nc3ccccn3c2=O)n(C)n1. The predicted molar refractivity (Wildman–Crippen MR) is 66.5 cm³/mol. The van der Waals surface area contributed by atoms with Gasteiger partial charge in [-0.25, -0.2) is 9.48 Å². The zero-order valence-electron chi connectivity index (χ0n) is 10.2. The van der Waals surface area contributed by atoms with Crippen LogP contribution in [0, 0.1) is 6.92 Å². The molecule has 0 radical (unpaired) electrons. The maximum Gasteiger partial charge on any atom is 0.350 e. The van der Waals surface area contributed by atoms with Crippen molar-refractivity contribution in [3.63, 3.8) is 0 Å². The Balaban J connectivity index is 2.08. The largest absolute Gasteiger partial charge is 0.350 e. The zero-order chi connectivity index (χ0) is 12.7. The Morgan fingerprint density at radius 3 is 2.78 bits per heavy atom. The van der Waals surface area contributed by atoms with Crippen molar-refractivity contribution in [2.75, 3.05) is 0 Å². The molecule has 0 saturated heterocycles. The van der Waals surface area contributed by atoms with E-state index in [1.807, 2.05) is 38.2 Å². The van der Waals surface area contributed by atoms with Crippen molar-refractivity contribution in [2.45, 2.75) is 13.5 Å². The number of aryl methyl sites for hydroxylation is 2. The van der Waals surface area contributed by atoms with Crippen molar-refractivity contribution < 1.29 is 0 Å². The monoisotopic (exact) mass is 243 g/mol. The van der Waals surface area contributed by atoms with Crippen LogP contribution in [0.25, 0.3) is 5.65 Å². The third-order valence-electron chi connectivity index (χ3n) is 2.90. The molecule has 3 heterocycles. The van der Waals surface area contributed by atoms with E-state index in [0.29, 0.717) is 12.2 Å². The second-order valence-electron chi connectivity index (χ2n) is 4.27. The number of rotatable bonds is 2. The molecule has 92 valence electrons. The van der Waals surface area contributed by atoms with Gasteiger partial charge in [0, 0.05) is 13.2 Å². The molecule has 0 unspecified atom stereocenters. The van der Waals surface area contributed by atoms with Gasteiger partial charge in [-0.05, 0) is 25.1 Å². The lowest BCUT2D eigenvalue weighted by molar-refractivity contribution is 0.602. The summed E-state index contributed by atoms with van der Waals surface area (Å²) in [6.45, 7) is 2.35. The van der Waals surface area contributed by atoms with Gasteiger partial charge in [0.05, 0.1) is 17.9 Å². The van der Waals surface area contributed by atoms with Crippen LogP contribution in [-0.4, -0.2) is 24.0 Å². The maximum atomic E-state index is 12.1. The lowest BCUT2D eigenvalue weighted by Crippen LogP contribution is -2.22. The normalized spacial score (nSPS) is 11.2. The third kappa shape index (κ3) is 1.62. The average molecular weight is 243 g/mol. The second-order valence-corrected chi connectivity index (χ2v) is 4.27. The van der Waals surface area contributed by atoms with Crippen LogP contribution < -0.4 is 5.69 Å². The molecule has 3 rings (SSSR count). The molecule has 0 aliphatic heterocycles. The molecule has 0 aliphatic carbocycles. The Morgan fingerprint density at radius 1 is 1.28 bits per heavy atom. The Hall–Kier alpha value is -2.37. The minimum absolute atomic E-state index is 0.135. The lowest BCUT2D eigenvalue weighted by Gasteiger charge is -1.99. The first-order chi connectivity index (χ1) is 8.65. The van der Waals surface area contributed by atoms with Gasteiger partial charge in [0.2, 0.25) is 0 Å². The summed E-state index contributed by atoms with van der Waals surface area (Å²) in [6.07, 6.45) is 1.72. The van der Waals surface area contributed by atoms with Crippen molar-refractivity contribution in [1.82, 2.24) is 24.0 Å². The van der Waals surface area contributed by atoms with Crippen molar-refractivity contribution >= 4 is 5.65 Å². The molecular weight excluding hydrogens is 230 g/mol. The van der Waals surface area contributed by atoms with E-state index in [1.54, 1.807) is 10.9 Å². The van der Waals surface area contributed by atoms with E-state index in [0.717, 1.165) is 11.4 Å². The summed E-state index contributed by atoms with van der Waals surface area (Å²) in [5, 5.41) is 8.54. The van der Waals surface area contributed by atoms with E-state index in [2.05, 4.69) is 10.2 Å². The molecule has 0 atom stereocenters. The van der Waals surface area contributed by atoms with Gasteiger partial charge in [-0.3, -0.25) is 9.08 Å². The maximum absolute atomic E-state index is 12.1. The van der Waals surface area contributed by atoms with Gasteiger partial charge in [0.1, 0.15) is 0 Å². The van der Waals surface area contributed by atoms with Gasteiger partial charge in [-0.1, -0.05) is 6.07 Å². The first kappa shape index (κ1) is 10.8. The summed E-state index contributed by atoms with van der Waals surface area (Å²) in [6, 6.07) is 7.44. The fraction of sp³-hybridized carbons (Fsp3) is 0.250. The molecule has 0 fully saturated rings. The molecule has 0 aliphatic rings. The molecule has 0 saturated carbocycles. The van der Waals surface area contributed by atoms with Gasteiger partial charge in [-0.2, -0.15) is 5.10 Å². The number of nitrogens with zero attached hydrogens (tertiary/aromatic N) is 5. The van der Waals surface area contributed by atoms with Gasteiger partial charge in [0.25, 0.3) is 0 Å². The highest BCUT2D eigenvalue weighted by Crippen LogP contribution is 2.03. The molecule has 0 N–H and O–H groups in total. The molecule has 0 aromatic carbocycles. The summed E-state index contributed by atoms with van der Waals surface area (Å²) in [5.74, 6) is 0. The second kappa shape index (κ2) is 3.83. The Bertz CT molecular complexity index is 764. The van der Waals surface area contributed by atoms with Crippen molar-refractivity contribution in [3.05, 3.63) is 52.3 Å². The molecule has 3 aromatic rings. The quantitative estimate of drug-likeness (QED) is 0.661. The molecule has 6 heteroatoms. The van der Waals surface area contributed by atoms with Crippen LogP contribution in [-0.2, 0) is 13.6 Å². The van der Waals surface area contributed by atoms with Crippen LogP contribution in [0.3, 0.4) is 0 Å². The smallest absolute Gasteiger partial charge is 0.270 e. The van der Waals surface area contributed by atoms with Gasteiger partial charge < -0.3 is 0 Å². The summed E-state index contributed by atoms with van der Waals surface area (Å²) in [7, 11) is 1.86. The summed E-state index contributed by atoms with van der Waals surface area (Å²) >= 11 is 0.